The molecule has 2 heterocycles. The van der Waals surface area contributed by atoms with Gasteiger partial charge in [-0.3, -0.25) is 4.79 Å². The van der Waals surface area contributed by atoms with Gasteiger partial charge in [-0.1, -0.05) is 5.16 Å². The van der Waals surface area contributed by atoms with Crippen LogP contribution in [-0.2, 0) is 19.6 Å². The molecule has 2 rings (SSSR count). The van der Waals surface area contributed by atoms with Crippen LogP contribution >= 0.6 is 0 Å². The molecule has 1 aliphatic heterocycles. The number of piperazine rings is 1. The minimum absolute atomic E-state index is 0.000729. The highest BCUT2D eigenvalue weighted by molar-refractivity contribution is 7.89. The van der Waals surface area contributed by atoms with E-state index in [1.807, 2.05) is 0 Å². The Morgan fingerprint density at radius 3 is 2.32 bits per heavy atom. The fourth-order valence-electron chi connectivity index (χ4n) is 2.50. The van der Waals surface area contributed by atoms with E-state index in [1.54, 1.807) is 0 Å². The monoisotopic (exact) mass is 385 g/mol. The standard InChI is InChI=1S/C13H18F3N3O5S/c1-9-12(10(2)24-17-9)25(21,22)19-5-3-18(4-6-19)11(20)7-23-8-13(14,15)16/h3-8H2,1-2H3. The second-order valence-corrected chi connectivity index (χ2v) is 7.42. The van der Waals surface area contributed by atoms with Gasteiger partial charge in [0.25, 0.3) is 0 Å². The first kappa shape index (κ1) is 19.7. The number of alkyl halides is 3. The van der Waals surface area contributed by atoms with Gasteiger partial charge in [0.15, 0.2) is 5.76 Å². The Balaban J connectivity index is 1.92. The molecule has 0 aliphatic carbocycles. The third kappa shape index (κ3) is 4.70. The van der Waals surface area contributed by atoms with E-state index in [-0.39, 0.29) is 42.5 Å². The van der Waals surface area contributed by atoms with Crippen molar-refractivity contribution in [3.63, 3.8) is 0 Å². The van der Waals surface area contributed by atoms with Crippen LogP contribution in [0.1, 0.15) is 11.5 Å². The molecule has 0 spiro atoms. The van der Waals surface area contributed by atoms with Crippen LogP contribution in [0.25, 0.3) is 0 Å². The smallest absolute Gasteiger partial charge is 0.362 e. The summed E-state index contributed by atoms with van der Waals surface area (Å²) in [6, 6.07) is 0. The van der Waals surface area contributed by atoms with Crippen LogP contribution in [0.2, 0.25) is 0 Å². The number of aryl methyl sites for hydroxylation is 2. The van der Waals surface area contributed by atoms with E-state index in [2.05, 4.69) is 9.89 Å². The van der Waals surface area contributed by atoms with Crippen molar-refractivity contribution in [3.8, 4) is 0 Å². The fourth-order valence-corrected chi connectivity index (χ4v) is 4.21. The second-order valence-electron chi connectivity index (χ2n) is 5.55. The van der Waals surface area contributed by atoms with Crippen molar-refractivity contribution in [1.82, 2.24) is 14.4 Å². The van der Waals surface area contributed by atoms with Gasteiger partial charge >= 0.3 is 6.18 Å². The highest BCUT2D eigenvalue weighted by atomic mass is 32.2. The largest absolute Gasteiger partial charge is 0.411 e. The molecule has 1 amide bonds. The van der Waals surface area contributed by atoms with Crippen molar-refractivity contribution < 1.29 is 35.6 Å². The van der Waals surface area contributed by atoms with E-state index in [9.17, 15) is 26.4 Å². The fraction of sp³-hybridized carbons (Fsp3) is 0.692. The maximum absolute atomic E-state index is 12.6. The molecule has 1 aromatic rings. The van der Waals surface area contributed by atoms with Crippen LogP contribution in [0.5, 0.6) is 0 Å². The molecule has 0 bridgehead atoms. The molecular formula is C13H18F3N3O5S. The maximum Gasteiger partial charge on any atom is 0.411 e. The average Bonchev–Trinajstić information content (AvgIpc) is 2.85. The predicted molar refractivity (Wildman–Crippen MR) is 78.2 cm³/mol. The van der Waals surface area contributed by atoms with Gasteiger partial charge in [0, 0.05) is 26.2 Å². The molecule has 8 nitrogen and oxygen atoms in total. The Morgan fingerprint density at radius 2 is 1.84 bits per heavy atom. The third-order valence-electron chi connectivity index (χ3n) is 3.65. The summed E-state index contributed by atoms with van der Waals surface area (Å²) >= 11 is 0. The average molecular weight is 385 g/mol. The van der Waals surface area contributed by atoms with Gasteiger partial charge < -0.3 is 14.2 Å². The number of carbonyl (C=O) groups excluding carboxylic acids is 1. The Hall–Kier alpha value is -1.66. The molecule has 12 heteroatoms. The first-order valence-electron chi connectivity index (χ1n) is 7.37. The molecule has 1 fully saturated rings. The predicted octanol–water partition coefficient (Wildman–Crippen LogP) is 0.703. The Kier molecular flexibility index (Phi) is 5.74. The van der Waals surface area contributed by atoms with E-state index in [0.717, 1.165) is 0 Å². The first-order chi connectivity index (χ1) is 11.5. The topological polar surface area (TPSA) is 93.0 Å². The highest BCUT2D eigenvalue weighted by Crippen LogP contribution is 2.24. The van der Waals surface area contributed by atoms with Crippen LogP contribution in [0.3, 0.4) is 0 Å². The number of carbonyl (C=O) groups is 1. The molecule has 0 saturated carbocycles. The number of hydrogen-bond acceptors (Lipinski definition) is 6. The summed E-state index contributed by atoms with van der Waals surface area (Å²) in [7, 11) is -3.81. The third-order valence-corrected chi connectivity index (χ3v) is 5.79. The van der Waals surface area contributed by atoms with Gasteiger partial charge in [0.05, 0.1) is 0 Å². The molecule has 0 radical (unpaired) electrons. The van der Waals surface area contributed by atoms with E-state index < -0.39 is 35.3 Å². The summed E-state index contributed by atoms with van der Waals surface area (Å²) in [5, 5.41) is 3.62. The zero-order valence-electron chi connectivity index (χ0n) is 13.7. The second kappa shape index (κ2) is 7.30. The highest BCUT2D eigenvalue weighted by Gasteiger charge is 2.34. The van der Waals surface area contributed by atoms with Gasteiger partial charge in [0.1, 0.15) is 23.8 Å². The van der Waals surface area contributed by atoms with Crippen LogP contribution < -0.4 is 0 Å². The lowest BCUT2D eigenvalue weighted by atomic mass is 10.3. The van der Waals surface area contributed by atoms with E-state index in [4.69, 9.17) is 4.52 Å². The normalized spacial score (nSPS) is 17.1. The minimum atomic E-state index is -4.50. The van der Waals surface area contributed by atoms with Crippen molar-refractivity contribution in [2.75, 3.05) is 39.4 Å². The number of sulfonamides is 1. The molecule has 25 heavy (non-hydrogen) atoms. The van der Waals surface area contributed by atoms with Gasteiger partial charge in [-0.25, -0.2) is 8.42 Å². The number of rotatable bonds is 5. The zero-order chi connectivity index (χ0) is 18.8. The Bertz CT molecular complexity index is 704. The molecule has 1 aliphatic rings. The number of aromatic nitrogens is 1. The summed E-state index contributed by atoms with van der Waals surface area (Å²) in [5.41, 5.74) is 0.247. The van der Waals surface area contributed by atoms with Crippen molar-refractivity contribution in [3.05, 3.63) is 11.5 Å². The maximum atomic E-state index is 12.6. The van der Waals surface area contributed by atoms with Gasteiger partial charge in [0.2, 0.25) is 15.9 Å². The lowest BCUT2D eigenvalue weighted by molar-refractivity contribution is -0.178. The van der Waals surface area contributed by atoms with Gasteiger partial charge in [-0.05, 0) is 13.8 Å². The molecule has 1 saturated heterocycles. The van der Waals surface area contributed by atoms with Crippen LogP contribution in [0, 0.1) is 13.8 Å². The van der Waals surface area contributed by atoms with E-state index in [1.165, 1.54) is 23.1 Å². The number of hydrogen-bond donors (Lipinski definition) is 0. The van der Waals surface area contributed by atoms with E-state index >= 15 is 0 Å². The SMILES string of the molecule is Cc1noc(C)c1S(=O)(=O)N1CCN(C(=O)COCC(F)(F)F)CC1. The summed E-state index contributed by atoms with van der Waals surface area (Å²) in [5.74, 6) is -0.435. The van der Waals surface area contributed by atoms with Crippen molar-refractivity contribution in [2.24, 2.45) is 0 Å². The quantitative estimate of drug-likeness (QED) is 0.741. The lowest BCUT2D eigenvalue weighted by Gasteiger charge is -2.33. The molecule has 0 atom stereocenters. The summed E-state index contributed by atoms with van der Waals surface area (Å²) in [6.07, 6.45) is -4.50. The zero-order valence-corrected chi connectivity index (χ0v) is 14.5. The lowest BCUT2D eigenvalue weighted by Crippen LogP contribution is -2.51. The minimum Gasteiger partial charge on any atom is -0.362 e. The summed E-state index contributed by atoms with van der Waals surface area (Å²) in [6.45, 7) is 0.990. The molecule has 0 aromatic carbocycles. The summed E-state index contributed by atoms with van der Waals surface area (Å²) < 4.78 is 71.6. The Morgan fingerprint density at radius 1 is 1.24 bits per heavy atom. The van der Waals surface area contributed by atoms with Crippen molar-refractivity contribution in [2.45, 2.75) is 24.9 Å². The number of ether oxygens (including phenoxy) is 1. The van der Waals surface area contributed by atoms with E-state index in [0.29, 0.717) is 0 Å². The van der Waals surface area contributed by atoms with Crippen molar-refractivity contribution in [1.29, 1.82) is 0 Å². The number of nitrogens with zero attached hydrogens (tertiary/aromatic N) is 3. The molecular weight excluding hydrogens is 367 g/mol. The molecule has 0 N–H and O–H groups in total. The van der Waals surface area contributed by atoms with Crippen LogP contribution in [0.15, 0.2) is 9.42 Å². The van der Waals surface area contributed by atoms with Crippen molar-refractivity contribution >= 4 is 15.9 Å². The summed E-state index contributed by atoms with van der Waals surface area (Å²) in [4.78, 5) is 13.1. The van der Waals surface area contributed by atoms with Crippen LogP contribution in [-0.4, -0.2) is 74.3 Å². The van der Waals surface area contributed by atoms with Crippen LogP contribution in [0.4, 0.5) is 13.2 Å². The number of amides is 1. The number of halogens is 3. The van der Waals surface area contributed by atoms with Gasteiger partial charge in [-0.2, -0.15) is 17.5 Å². The van der Waals surface area contributed by atoms with Gasteiger partial charge in [-0.15, -0.1) is 0 Å². The first-order valence-corrected chi connectivity index (χ1v) is 8.81. The Labute approximate surface area is 142 Å². The molecule has 142 valence electrons. The molecule has 0 unspecified atom stereocenters. The molecule has 1 aromatic heterocycles.